The van der Waals surface area contributed by atoms with E-state index in [0.717, 1.165) is 16.1 Å². The summed E-state index contributed by atoms with van der Waals surface area (Å²) in [5.41, 5.74) is 1.57. The van der Waals surface area contributed by atoms with Gasteiger partial charge in [-0.1, -0.05) is 66.5 Å². The Bertz CT molecular complexity index is 1520. The highest BCUT2D eigenvalue weighted by Crippen LogP contribution is 2.33. The first-order chi connectivity index (χ1) is 20.4. The molecule has 0 bridgehead atoms. The van der Waals surface area contributed by atoms with Crippen molar-refractivity contribution >= 4 is 50.7 Å². The van der Waals surface area contributed by atoms with Crippen LogP contribution in [-0.4, -0.2) is 64.2 Å². The van der Waals surface area contributed by atoms with Crippen LogP contribution in [0.15, 0.2) is 66.7 Å². The van der Waals surface area contributed by atoms with E-state index in [1.54, 1.807) is 24.3 Å². The summed E-state index contributed by atoms with van der Waals surface area (Å²) in [5, 5.41) is 3.72. The number of nitrogens with zero attached hydrogens (tertiary/aromatic N) is 2. The SMILES string of the molecule is CC[C@@H](C)NC(=O)[C@@H](Cc1ccccc1)N(Cc1ccc(Cl)cc1Cl)C(=O)CN(c1ccc(OC)c(OC)c1)S(C)(=O)=O. The number of anilines is 1. The predicted octanol–water partition coefficient (Wildman–Crippen LogP) is 5.33. The monoisotopic (exact) mass is 649 g/mol. The second-order valence-electron chi connectivity index (χ2n) is 10.1. The lowest BCUT2D eigenvalue weighted by atomic mass is 10.0. The van der Waals surface area contributed by atoms with Crippen molar-refractivity contribution in [2.24, 2.45) is 0 Å². The standard InChI is InChI=1S/C31H37Cl2N3O6S/c1-6-21(2)34-31(38)27(16-22-10-8-7-9-11-22)35(19-23-12-13-24(32)17-26(23)33)30(37)20-36(43(5,39)40)25-14-15-28(41-3)29(18-25)42-4/h7-15,17-18,21,27H,6,16,19-20H2,1-5H3,(H,34,38)/t21-,27-/m1/s1. The highest BCUT2D eigenvalue weighted by atomic mass is 35.5. The number of hydrogen-bond donors (Lipinski definition) is 1. The number of methoxy groups -OCH3 is 2. The Morgan fingerprint density at radius 3 is 2.21 bits per heavy atom. The van der Waals surface area contributed by atoms with Gasteiger partial charge in [0.1, 0.15) is 12.6 Å². The van der Waals surface area contributed by atoms with E-state index in [0.29, 0.717) is 33.5 Å². The molecule has 9 nitrogen and oxygen atoms in total. The van der Waals surface area contributed by atoms with Gasteiger partial charge in [-0.2, -0.15) is 0 Å². The van der Waals surface area contributed by atoms with Crippen LogP contribution in [0.2, 0.25) is 10.0 Å². The second kappa shape index (κ2) is 15.3. The van der Waals surface area contributed by atoms with Crippen LogP contribution in [0.5, 0.6) is 11.5 Å². The molecule has 3 aromatic carbocycles. The molecule has 0 saturated heterocycles. The topological polar surface area (TPSA) is 105 Å². The van der Waals surface area contributed by atoms with Gasteiger partial charge in [0.25, 0.3) is 0 Å². The molecule has 0 aliphatic heterocycles. The van der Waals surface area contributed by atoms with Crippen LogP contribution in [0.25, 0.3) is 0 Å². The highest BCUT2D eigenvalue weighted by Gasteiger charge is 2.34. The summed E-state index contributed by atoms with van der Waals surface area (Å²) < 4.78 is 37.7. The molecule has 0 fully saturated rings. The third-order valence-electron chi connectivity index (χ3n) is 6.96. The first-order valence-corrected chi connectivity index (χ1v) is 16.3. The minimum Gasteiger partial charge on any atom is -0.493 e. The van der Waals surface area contributed by atoms with E-state index >= 15 is 0 Å². The fraction of sp³-hybridized carbons (Fsp3) is 0.355. The number of carbonyl (C=O) groups excluding carboxylic acids is 2. The number of rotatable bonds is 14. The van der Waals surface area contributed by atoms with E-state index < -0.39 is 28.5 Å². The molecule has 0 radical (unpaired) electrons. The Morgan fingerprint density at radius 2 is 1.63 bits per heavy atom. The van der Waals surface area contributed by atoms with Gasteiger partial charge in [-0.3, -0.25) is 13.9 Å². The number of benzene rings is 3. The molecular formula is C31H37Cl2N3O6S. The zero-order valence-corrected chi connectivity index (χ0v) is 27.2. The van der Waals surface area contributed by atoms with Crippen LogP contribution in [0.4, 0.5) is 5.69 Å². The molecule has 0 aliphatic carbocycles. The van der Waals surface area contributed by atoms with Crippen LogP contribution in [0.1, 0.15) is 31.4 Å². The lowest BCUT2D eigenvalue weighted by molar-refractivity contribution is -0.140. The molecule has 0 unspecified atom stereocenters. The molecule has 3 rings (SSSR count). The smallest absolute Gasteiger partial charge is 0.244 e. The summed E-state index contributed by atoms with van der Waals surface area (Å²) >= 11 is 12.6. The maximum atomic E-state index is 14.2. The molecule has 232 valence electrons. The van der Waals surface area contributed by atoms with Crippen molar-refractivity contribution in [1.82, 2.24) is 10.2 Å². The summed E-state index contributed by atoms with van der Waals surface area (Å²) in [6, 6.07) is 17.6. The van der Waals surface area contributed by atoms with Gasteiger partial charge in [-0.15, -0.1) is 0 Å². The Balaban J connectivity index is 2.11. The first-order valence-electron chi connectivity index (χ1n) is 13.6. The van der Waals surface area contributed by atoms with E-state index in [-0.39, 0.29) is 30.6 Å². The number of nitrogens with one attached hydrogen (secondary N) is 1. The lowest BCUT2D eigenvalue weighted by Gasteiger charge is -2.34. The maximum absolute atomic E-state index is 14.2. The number of amides is 2. The van der Waals surface area contributed by atoms with Gasteiger partial charge in [0, 0.05) is 35.1 Å². The third-order valence-corrected chi connectivity index (χ3v) is 8.69. The number of halogens is 2. The summed E-state index contributed by atoms with van der Waals surface area (Å²) in [6.07, 6.45) is 1.88. The Labute approximate surface area is 263 Å². The molecule has 0 aromatic heterocycles. The van der Waals surface area contributed by atoms with Crippen molar-refractivity contribution in [2.45, 2.75) is 45.3 Å². The zero-order valence-electron chi connectivity index (χ0n) is 24.8. The van der Waals surface area contributed by atoms with E-state index in [2.05, 4.69) is 5.32 Å². The molecule has 43 heavy (non-hydrogen) atoms. The maximum Gasteiger partial charge on any atom is 0.244 e. The van der Waals surface area contributed by atoms with Crippen molar-refractivity contribution in [2.75, 3.05) is 31.3 Å². The minimum atomic E-state index is -3.96. The molecule has 12 heteroatoms. The van der Waals surface area contributed by atoms with E-state index in [1.165, 1.54) is 31.3 Å². The number of ether oxygens (including phenoxy) is 2. The van der Waals surface area contributed by atoms with E-state index in [4.69, 9.17) is 32.7 Å². The van der Waals surface area contributed by atoms with Gasteiger partial charge >= 0.3 is 0 Å². The van der Waals surface area contributed by atoms with E-state index in [1.807, 2.05) is 44.2 Å². The Kier molecular flexibility index (Phi) is 12.1. The lowest BCUT2D eigenvalue weighted by Crippen LogP contribution is -2.54. The zero-order chi connectivity index (χ0) is 31.7. The minimum absolute atomic E-state index is 0.0657. The third kappa shape index (κ3) is 9.26. The first kappa shape index (κ1) is 34.0. The van der Waals surface area contributed by atoms with Gasteiger partial charge in [-0.05, 0) is 48.7 Å². The molecule has 2 atom stereocenters. The van der Waals surface area contributed by atoms with Crippen molar-refractivity contribution in [1.29, 1.82) is 0 Å². The largest absolute Gasteiger partial charge is 0.493 e. The normalized spacial score (nSPS) is 12.6. The number of carbonyl (C=O) groups is 2. The number of hydrogen-bond acceptors (Lipinski definition) is 6. The second-order valence-corrected chi connectivity index (χ2v) is 12.8. The number of sulfonamides is 1. The van der Waals surface area contributed by atoms with Crippen LogP contribution < -0.4 is 19.1 Å². The van der Waals surface area contributed by atoms with Crippen LogP contribution >= 0.6 is 23.2 Å². The quantitative estimate of drug-likeness (QED) is 0.253. The van der Waals surface area contributed by atoms with Crippen LogP contribution in [0, 0.1) is 0 Å². The average Bonchev–Trinajstić information content (AvgIpc) is 2.97. The van der Waals surface area contributed by atoms with Gasteiger partial charge < -0.3 is 19.7 Å². The summed E-state index contributed by atoms with van der Waals surface area (Å²) in [5.74, 6) is -0.282. The molecule has 0 saturated carbocycles. The molecule has 2 amide bonds. The van der Waals surface area contributed by atoms with Crippen molar-refractivity contribution < 1.29 is 27.5 Å². The van der Waals surface area contributed by atoms with E-state index in [9.17, 15) is 18.0 Å². The highest BCUT2D eigenvalue weighted by molar-refractivity contribution is 7.92. The summed E-state index contributed by atoms with van der Waals surface area (Å²) in [7, 11) is -1.07. The van der Waals surface area contributed by atoms with Crippen molar-refractivity contribution in [3.8, 4) is 11.5 Å². The predicted molar refractivity (Wildman–Crippen MR) is 171 cm³/mol. The average molecular weight is 651 g/mol. The fourth-order valence-electron chi connectivity index (χ4n) is 4.42. The van der Waals surface area contributed by atoms with Crippen molar-refractivity contribution in [3.63, 3.8) is 0 Å². The molecule has 0 aliphatic rings. The Morgan fingerprint density at radius 1 is 0.953 bits per heavy atom. The van der Waals surface area contributed by atoms with Gasteiger partial charge in [0.2, 0.25) is 21.8 Å². The Hall–Kier alpha value is -3.47. The molecule has 0 spiro atoms. The summed E-state index contributed by atoms with van der Waals surface area (Å²) in [6.45, 7) is 3.17. The van der Waals surface area contributed by atoms with Gasteiger partial charge in [0.15, 0.2) is 11.5 Å². The van der Waals surface area contributed by atoms with Gasteiger partial charge in [0.05, 0.1) is 26.2 Å². The molecule has 1 N–H and O–H groups in total. The van der Waals surface area contributed by atoms with Crippen LogP contribution in [0.3, 0.4) is 0 Å². The molecular weight excluding hydrogens is 613 g/mol. The summed E-state index contributed by atoms with van der Waals surface area (Å²) in [4.78, 5) is 29.4. The van der Waals surface area contributed by atoms with Crippen molar-refractivity contribution in [3.05, 3.63) is 87.9 Å². The van der Waals surface area contributed by atoms with Gasteiger partial charge in [-0.25, -0.2) is 8.42 Å². The van der Waals surface area contributed by atoms with Crippen LogP contribution in [-0.2, 0) is 32.6 Å². The fourth-order valence-corrected chi connectivity index (χ4v) is 5.73. The molecule has 0 heterocycles. The molecule has 3 aromatic rings.